The second-order valence-electron chi connectivity index (χ2n) is 4.49. The summed E-state index contributed by atoms with van der Waals surface area (Å²) in [5.74, 6) is 0.379. The van der Waals surface area contributed by atoms with Gasteiger partial charge in [0.25, 0.3) is 5.91 Å². The molecule has 1 heterocycles. The van der Waals surface area contributed by atoms with E-state index in [0.29, 0.717) is 12.4 Å². The molecule has 1 aliphatic rings. The molecule has 0 radical (unpaired) electrons. The molecule has 104 valence electrons. The highest BCUT2D eigenvalue weighted by molar-refractivity contribution is 5.76. The van der Waals surface area contributed by atoms with Crippen LogP contribution in [0.15, 0.2) is 24.3 Å². The third kappa shape index (κ3) is 4.54. The Morgan fingerprint density at radius 2 is 2.26 bits per heavy atom. The molecule has 1 aromatic rings. The van der Waals surface area contributed by atoms with E-state index in [9.17, 15) is 4.79 Å². The maximum Gasteiger partial charge on any atom is 0.281 e. The Kier molecular flexibility index (Phi) is 5.18. The van der Waals surface area contributed by atoms with E-state index in [2.05, 4.69) is 5.48 Å². The first kappa shape index (κ1) is 13.8. The first-order chi connectivity index (χ1) is 9.25. The van der Waals surface area contributed by atoms with Gasteiger partial charge in [0, 0.05) is 13.0 Å². The highest BCUT2D eigenvalue weighted by Crippen LogP contribution is 2.16. The van der Waals surface area contributed by atoms with E-state index >= 15 is 0 Å². The van der Waals surface area contributed by atoms with Crippen LogP contribution >= 0.6 is 0 Å². The number of hydrogen-bond donors (Lipinski definition) is 1. The van der Waals surface area contributed by atoms with E-state index in [1.807, 2.05) is 31.2 Å². The van der Waals surface area contributed by atoms with Crippen LogP contribution in [0.4, 0.5) is 0 Å². The van der Waals surface area contributed by atoms with Gasteiger partial charge in [0.05, 0.1) is 0 Å². The predicted molar refractivity (Wildman–Crippen MR) is 69.5 cm³/mol. The first-order valence-corrected chi connectivity index (χ1v) is 6.50. The van der Waals surface area contributed by atoms with Gasteiger partial charge in [0.2, 0.25) is 0 Å². The number of nitrogens with one attached hydrogen (secondary N) is 1. The number of para-hydroxylation sites is 1. The van der Waals surface area contributed by atoms with Crippen molar-refractivity contribution in [2.24, 2.45) is 0 Å². The van der Waals surface area contributed by atoms with E-state index in [0.717, 1.165) is 24.8 Å². The summed E-state index contributed by atoms with van der Waals surface area (Å²) in [5, 5.41) is 0. The molecule has 0 bridgehead atoms. The summed E-state index contributed by atoms with van der Waals surface area (Å²) in [7, 11) is 0. The van der Waals surface area contributed by atoms with Gasteiger partial charge in [0.15, 0.2) is 12.9 Å². The van der Waals surface area contributed by atoms with E-state index < -0.39 is 0 Å². The molecular weight excluding hydrogens is 246 g/mol. The first-order valence-electron chi connectivity index (χ1n) is 6.50. The molecule has 0 saturated carbocycles. The molecule has 1 fully saturated rings. The summed E-state index contributed by atoms with van der Waals surface area (Å²) in [4.78, 5) is 16.7. The minimum atomic E-state index is -0.337. The van der Waals surface area contributed by atoms with E-state index in [4.69, 9.17) is 14.3 Å². The topological polar surface area (TPSA) is 56.8 Å². The number of amides is 1. The zero-order valence-electron chi connectivity index (χ0n) is 11.1. The molecule has 1 saturated heterocycles. The summed E-state index contributed by atoms with van der Waals surface area (Å²) < 4.78 is 10.7. The Bertz CT molecular complexity index is 416. The van der Waals surface area contributed by atoms with Gasteiger partial charge in [-0.05, 0) is 31.4 Å². The van der Waals surface area contributed by atoms with Gasteiger partial charge in [-0.2, -0.15) is 0 Å². The van der Waals surface area contributed by atoms with Gasteiger partial charge in [-0.1, -0.05) is 18.2 Å². The zero-order valence-corrected chi connectivity index (χ0v) is 11.1. The Morgan fingerprint density at radius 3 is 3.00 bits per heavy atom. The molecule has 19 heavy (non-hydrogen) atoms. The van der Waals surface area contributed by atoms with Gasteiger partial charge >= 0.3 is 0 Å². The van der Waals surface area contributed by atoms with Gasteiger partial charge in [-0.3, -0.25) is 4.79 Å². The molecule has 1 atom stereocenters. The van der Waals surface area contributed by atoms with Crippen LogP contribution in [-0.4, -0.2) is 25.4 Å². The van der Waals surface area contributed by atoms with Crippen LogP contribution in [-0.2, 0) is 14.4 Å². The standard InChI is InChI=1S/C14H19NO4/c1-11-6-2-3-7-12(11)18-10-13(16)15-19-14-8-4-5-9-17-14/h2-3,6-7,14H,4-5,8-10H2,1H3,(H,15,16)/t14-/m0/s1. The lowest BCUT2D eigenvalue weighted by molar-refractivity contribution is -0.201. The summed E-state index contributed by atoms with van der Waals surface area (Å²) >= 11 is 0. The van der Waals surface area contributed by atoms with Crippen LogP contribution in [0, 0.1) is 6.92 Å². The molecule has 0 aliphatic carbocycles. The average molecular weight is 265 g/mol. The van der Waals surface area contributed by atoms with Crippen molar-refractivity contribution in [2.75, 3.05) is 13.2 Å². The van der Waals surface area contributed by atoms with Crippen molar-refractivity contribution < 1.29 is 19.1 Å². The lowest BCUT2D eigenvalue weighted by Gasteiger charge is -2.22. The quantitative estimate of drug-likeness (QED) is 0.827. The Morgan fingerprint density at radius 1 is 1.42 bits per heavy atom. The maximum atomic E-state index is 11.6. The highest BCUT2D eigenvalue weighted by atomic mass is 16.8. The summed E-state index contributed by atoms with van der Waals surface area (Å²) in [6.45, 7) is 2.54. The molecule has 2 rings (SSSR count). The normalized spacial score (nSPS) is 18.9. The number of ether oxygens (including phenoxy) is 2. The fraction of sp³-hybridized carbons (Fsp3) is 0.500. The van der Waals surface area contributed by atoms with Crippen LogP contribution in [0.1, 0.15) is 24.8 Å². The maximum absolute atomic E-state index is 11.6. The SMILES string of the molecule is Cc1ccccc1OCC(=O)NO[C@H]1CCCCO1. The number of carbonyl (C=O) groups excluding carboxylic acids is 1. The smallest absolute Gasteiger partial charge is 0.281 e. The monoisotopic (exact) mass is 265 g/mol. The number of hydrogen-bond acceptors (Lipinski definition) is 4. The minimum absolute atomic E-state index is 0.0719. The highest BCUT2D eigenvalue weighted by Gasteiger charge is 2.15. The Balaban J connectivity index is 1.68. The van der Waals surface area contributed by atoms with Crippen LogP contribution in [0.3, 0.4) is 0 Å². The molecule has 1 N–H and O–H groups in total. The van der Waals surface area contributed by atoms with Gasteiger partial charge in [0.1, 0.15) is 5.75 Å². The molecule has 5 nitrogen and oxygen atoms in total. The second-order valence-corrected chi connectivity index (χ2v) is 4.49. The second kappa shape index (κ2) is 7.11. The number of hydroxylamine groups is 1. The van der Waals surface area contributed by atoms with Crippen LogP contribution in [0.2, 0.25) is 0 Å². The van der Waals surface area contributed by atoms with Crippen molar-refractivity contribution in [3.05, 3.63) is 29.8 Å². The molecular formula is C14H19NO4. The lowest BCUT2D eigenvalue weighted by Crippen LogP contribution is -2.35. The van der Waals surface area contributed by atoms with E-state index in [1.54, 1.807) is 0 Å². The van der Waals surface area contributed by atoms with Crippen molar-refractivity contribution in [1.29, 1.82) is 0 Å². The summed E-state index contributed by atoms with van der Waals surface area (Å²) in [6.07, 6.45) is 2.57. The Labute approximate surface area is 112 Å². The third-order valence-corrected chi connectivity index (χ3v) is 2.89. The average Bonchev–Trinajstić information content (AvgIpc) is 2.45. The molecule has 1 aliphatic heterocycles. The molecule has 0 aromatic heterocycles. The van der Waals surface area contributed by atoms with Gasteiger partial charge in [-0.25, -0.2) is 10.3 Å². The van der Waals surface area contributed by atoms with Crippen LogP contribution < -0.4 is 10.2 Å². The van der Waals surface area contributed by atoms with Gasteiger partial charge in [-0.15, -0.1) is 0 Å². The summed E-state index contributed by atoms with van der Waals surface area (Å²) in [6, 6.07) is 7.55. The van der Waals surface area contributed by atoms with Gasteiger partial charge < -0.3 is 9.47 Å². The molecule has 1 aromatic carbocycles. The van der Waals surface area contributed by atoms with Crippen LogP contribution in [0.25, 0.3) is 0 Å². The lowest BCUT2D eigenvalue weighted by atomic mass is 10.2. The fourth-order valence-corrected chi connectivity index (χ4v) is 1.83. The Hall–Kier alpha value is -1.59. The molecule has 1 amide bonds. The van der Waals surface area contributed by atoms with Crippen molar-refractivity contribution >= 4 is 5.91 Å². The predicted octanol–water partition coefficient (Wildman–Crippen LogP) is 1.95. The fourth-order valence-electron chi connectivity index (χ4n) is 1.83. The largest absolute Gasteiger partial charge is 0.483 e. The van der Waals surface area contributed by atoms with E-state index in [1.165, 1.54) is 0 Å². The third-order valence-electron chi connectivity index (χ3n) is 2.89. The van der Waals surface area contributed by atoms with Crippen LogP contribution in [0.5, 0.6) is 5.75 Å². The molecule has 0 spiro atoms. The molecule has 5 heteroatoms. The zero-order chi connectivity index (χ0) is 13.5. The number of benzene rings is 1. The van der Waals surface area contributed by atoms with Crippen molar-refractivity contribution in [1.82, 2.24) is 5.48 Å². The number of rotatable bonds is 5. The number of aryl methyl sites for hydroxylation is 1. The van der Waals surface area contributed by atoms with Crippen molar-refractivity contribution in [2.45, 2.75) is 32.5 Å². The van der Waals surface area contributed by atoms with Crippen molar-refractivity contribution in [3.8, 4) is 5.75 Å². The minimum Gasteiger partial charge on any atom is -0.483 e. The van der Waals surface area contributed by atoms with E-state index in [-0.39, 0.29) is 18.8 Å². The molecule has 0 unspecified atom stereocenters. The summed E-state index contributed by atoms with van der Waals surface area (Å²) in [5.41, 5.74) is 3.35. The van der Waals surface area contributed by atoms with Crippen molar-refractivity contribution in [3.63, 3.8) is 0 Å². The number of carbonyl (C=O) groups is 1.